The third-order valence-corrected chi connectivity index (χ3v) is 4.46. The number of carboxylic acids is 1. The molecule has 1 heterocycles. The van der Waals surface area contributed by atoms with Gasteiger partial charge in [0.25, 0.3) is 0 Å². The van der Waals surface area contributed by atoms with Gasteiger partial charge in [-0.3, -0.25) is 0 Å². The van der Waals surface area contributed by atoms with Gasteiger partial charge in [-0.05, 0) is 18.2 Å². The normalized spacial score (nSPS) is 11.5. The number of carboxylic acid groups (broad SMARTS) is 1. The maximum Gasteiger partial charge on any atom is 0.335 e. The Kier molecular flexibility index (Phi) is 4.31. The van der Waals surface area contributed by atoms with E-state index in [4.69, 9.17) is 21.1 Å². The Balaban J connectivity index is 2.26. The van der Waals surface area contributed by atoms with Gasteiger partial charge in [0, 0.05) is 6.92 Å². The molecule has 112 valence electrons. The lowest BCUT2D eigenvalue weighted by molar-refractivity contribution is 0.0696. The third kappa shape index (κ3) is 3.60. The molecule has 2 rings (SSSR count). The van der Waals surface area contributed by atoms with Crippen LogP contribution in [0.4, 0.5) is 0 Å². The van der Waals surface area contributed by atoms with E-state index >= 15 is 0 Å². The van der Waals surface area contributed by atoms with Crippen molar-refractivity contribution >= 4 is 27.6 Å². The number of benzene rings is 1. The lowest BCUT2D eigenvalue weighted by atomic mass is 10.2. The minimum atomic E-state index is -3.96. The van der Waals surface area contributed by atoms with Crippen molar-refractivity contribution in [2.45, 2.75) is 18.4 Å². The molecule has 0 atom stereocenters. The highest BCUT2D eigenvalue weighted by molar-refractivity contribution is 7.89. The smallest absolute Gasteiger partial charge is 0.335 e. The average Bonchev–Trinajstić information content (AvgIpc) is 2.82. The number of sulfonamides is 1. The number of nitrogens with zero attached hydrogens (tertiary/aromatic N) is 1. The van der Waals surface area contributed by atoms with Gasteiger partial charge in [0.05, 0.1) is 22.8 Å². The zero-order valence-corrected chi connectivity index (χ0v) is 12.4. The van der Waals surface area contributed by atoms with Crippen LogP contribution < -0.4 is 4.72 Å². The number of hydrogen-bond donors (Lipinski definition) is 2. The number of nitrogens with one attached hydrogen (secondary N) is 1. The van der Waals surface area contributed by atoms with E-state index in [1.54, 1.807) is 6.92 Å². The standard InChI is InChI=1S/C12H11ClN2O5S/c1-7-15-9(6-20-7)5-14-21(18,19)11-4-8(12(16)17)2-3-10(11)13/h2-4,6,14H,5H2,1H3,(H,16,17). The molecule has 7 nitrogen and oxygen atoms in total. The van der Waals surface area contributed by atoms with Gasteiger partial charge in [0.1, 0.15) is 11.2 Å². The summed E-state index contributed by atoms with van der Waals surface area (Å²) in [7, 11) is -3.96. The van der Waals surface area contributed by atoms with Gasteiger partial charge in [-0.2, -0.15) is 0 Å². The maximum atomic E-state index is 12.2. The molecule has 0 aliphatic carbocycles. The van der Waals surface area contributed by atoms with Gasteiger partial charge in [0.2, 0.25) is 10.0 Å². The summed E-state index contributed by atoms with van der Waals surface area (Å²) in [4.78, 5) is 14.5. The van der Waals surface area contributed by atoms with Crippen molar-refractivity contribution in [3.05, 3.63) is 46.6 Å². The van der Waals surface area contributed by atoms with Gasteiger partial charge in [-0.25, -0.2) is 22.9 Å². The van der Waals surface area contributed by atoms with Gasteiger partial charge in [-0.15, -0.1) is 0 Å². The molecule has 0 saturated heterocycles. The zero-order valence-electron chi connectivity index (χ0n) is 10.8. The molecule has 0 radical (unpaired) electrons. The van der Waals surface area contributed by atoms with Gasteiger partial charge in [-0.1, -0.05) is 11.6 Å². The second-order valence-corrected chi connectivity index (χ2v) is 6.28. The Morgan fingerprint density at radius 1 is 1.48 bits per heavy atom. The summed E-state index contributed by atoms with van der Waals surface area (Å²) < 4.78 is 31.6. The molecule has 0 unspecified atom stereocenters. The van der Waals surface area contributed by atoms with Crippen molar-refractivity contribution in [1.29, 1.82) is 0 Å². The fourth-order valence-electron chi connectivity index (χ4n) is 1.58. The molecule has 21 heavy (non-hydrogen) atoms. The fraction of sp³-hybridized carbons (Fsp3) is 0.167. The second kappa shape index (κ2) is 5.84. The maximum absolute atomic E-state index is 12.2. The predicted octanol–water partition coefficient (Wildman–Crippen LogP) is 1.81. The van der Waals surface area contributed by atoms with Crippen LogP contribution in [0.3, 0.4) is 0 Å². The lowest BCUT2D eigenvalue weighted by Crippen LogP contribution is -2.24. The lowest BCUT2D eigenvalue weighted by Gasteiger charge is -2.08. The van der Waals surface area contributed by atoms with E-state index < -0.39 is 16.0 Å². The summed E-state index contributed by atoms with van der Waals surface area (Å²) in [5.74, 6) is -0.828. The summed E-state index contributed by atoms with van der Waals surface area (Å²) in [5, 5.41) is 8.83. The van der Waals surface area contributed by atoms with Crippen LogP contribution in [-0.2, 0) is 16.6 Å². The molecule has 1 aromatic heterocycles. The number of rotatable bonds is 5. The summed E-state index contributed by atoms with van der Waals surface area (Å²) in [6, 6.07) is 3.45. The van der Waals surface area contributed by atoms with Gasteiger partial charge >= 0.3 is 5.97 Å². The van der Waals surface area contributed by atoms with Crippen molar-refractivity contribution in [3.63, 3.8) is 0 Å². The molecule has 2 N–H and O–H groups in total. The number of aromatic carboxylic acids is 1. The van der Waals surface area contributed by atoms with Gasteiger partial charge in [0.15, 0.2) is 5.89 Å². The van der Waals surface area contributed by atoms with E-state index in [0.717, 1.165) is 6.07 Å². The largest absolute Gasteiger partial charge is 0.478 e. The molecule has 0 fully saturated rings. The highest BCUT2D eigenvalue weighted by Gasteiger charge is 2.20. The molecule has 0 aliphatic heterocycles. The van der Waals surface area contributed by atoms with Crippen LogP contribution in [0.5, 0.6) is 0 Å². The monoisotopic (exact) mass is 330 g/mol. The molecule has 1 aromatic carbocycles. The first-order valence-corrected chi connectivity index (χ1v) is 7.59. The van der Waals surface area contributed by atoms with E-state index in [2.05, 4.69) is 9.71 Å². The van der Waals surface area contributed by atoms with Crippen molar-refractivity contribution in [2.24, 2.45) is 0 Å². The first-order chi connectivity index (χ1) is 9.79. The predicted molar refractivity (Wildman–Crippen MR) is 73.7 cm³/mol. The Hall–Kier alpha value is -1.90. The molecular weight excluding hydrogens is 320 g/mol. The van der Waals surface area contributed by atoms with E-state index in [1.807, 2.05) is 0 Å². The van der Waals surface area contributed by atoms with Crippen LogP contribution in [0, 0.1) is 6.92 Å². The first-order valence-electron chi connectivity index (χ1n) is 5.73. The number of halogens is 1. The highest BCUT2D eigenvalue weighted by Crippen LogP contribution is 2.22. The van der Waals surface area contributed by atoms with Crippen molar-refractivity contribution in [2.75, 3.05) is 0 Å². The molecule has 9 heteroatoms. The number of aryl methyl sites for hydroxylation is 1. The Labute approximate surface area is 125 Å². The van der Waals surface area contributed by atoms with E-state index in [0.29, 0.717) is 11.6 Å². The number of hydrogen-bond acceptors (Lipinski definition) is 5. The molecule has 0 saturated carbocycles. The number of oxazole rings is 1. The zero-order chi connectivity index (χ0) is 15.6. The first kappa shape index (κ1) is 15.5. The molecule has 0 aliphatic rings. The van der Waals surface area contributed by atoms with Crippen LogP contribution in [0.25, 0.3) is 0 Å². The van der Waals surface area contributed by atoms with Crippen LogP contribution >= 0.6 is 11.6 Å². The van der Waals surface area contributed by atoms with Crippen LogP contribution in [0.1, 0.15) is 21.9 Å². The van der Waals surface area contributed by atoms with E-state index in [-0.39, 0.29) is 22.0 Å². The summed E-state index contributed by atoms with van der Waals surface area (Å²) in [6.07, 6.45) is 1.33. The molecular formula is C12H11ClN2O5S. The summed E-state index contributed by atoms with van der Waals surface area (Å²) >= 11 is 5.83. The fourth-order valence-corrected chi connectivity index (χ4v) is 3.10. The average molecular weight is 331 g/mol. The summed E-state index contributed by atoms with van der Waals surface area (Å²) in [5.41, 5.74) is 0.235. The highest BCUT2D eigenvalue weighted by atomic mass is 35.5. The van der Waals surface area contributed by atoms with Crippen LogP contribution in [0.2, 0.25) is 5.02 Å². The minimum Gasteiger partial charge on any atom is -0.478 e. The quantitative estimate of drug-likeness (QED) is 0.865. The van der Waals surface area contributed by atoms with Crippen molar-refractivity contribution in [3.8, 4) is 0 Å². The SMILES string of the molecule is Cc1nc(CNS(=O)(=O)c2cc(C(=O)O)ccc2Cl)co1. The minimum absolute atomic E-state index is 0.0659. The topological polar surface area (TPSA) is 110 Å². The van der Waals surface area contributed by atoms with Crippen molar-refractivity contribution < 1.29 is 22.7 Å². The second-order valence-electron chi connectivity index (χ2n) is 4.13. The Bertz CT molecular complexity index is 785. The van der Waals surface area contributed by atoms with Crippen LogP contribution in [-0.4, -0.2) is 24.5 Å². The van der Waals surface area contributed by atoms with E-state index in [9.17, 15) is 13.2 Å². The Morgan fingerprint density at radius 3 is 2.76 bits per heavy atom. The van der Waals surface area contributed by atoms with Crippen molar-refractivity contribution in [1.82, 2.24) is 9.71 Å². The summed E-state index contributed by atoms with van der Waals surface area (Å²) in [6.45, 7) is 1.54. The molecule has 0 amide bonds. The van der Waals surface area contributed by atoms with E-state index in [1.165, 1.54) is 18.4 Å². The molecule has 2 aromatic rings. The van der Waals surface area contributed by atoms with Gasteiger partial charge < -0.3 is 9.52 Å². The number of aromatic nitrogens is 1. The molecule has 0 spiro atoms. The van der Waals surface area contributed by atoms with Crippen LogP contribution in [0.15, 0.2) is 33.8 Å². The molecule has 0 bridgehead atoms. The Morgan fingerprint density at radius 2 is 2.19 bits per heavy atom. The third-order valence-electron chi connectivity index (χ3n) is 2.58. The number of carbonyl (C=O) groups is 1.